The average molecular weight is 712 g/mol. The number of ether oxygens (including phenoxy) is 3. The van der Waals surface area contributed by atoms with Gasteiger partial charge in [-0.3, -0.25) is 9.59 Å². The second-order valence-corrected chi connectivity index (χ2v) is 16.5. The monoisotopic (exact) mass is 711 g/mol. The lowest BCUT2D eigenvalue weighted by atomic mass is 9.81. The number of esters is 1. The number of nitrogens with zero attached hydrogens (tertiary/aromatic N) is 2. The van der Waals surface area contributed by atoms with Gasteiger partial charge in [0.1, 0.15) is 18.5 Å². The molecule has 1 fully saturated rings. The minimum atomic E-state index is -1.99. The molecule has 4 aliphatic rings. The molecule has 260 valence electrons. The van der Waals surface area contributed by atoms with Crippen LogP contribution in [0.3, 0.4) is 0 Å². The van der Waals surface area contributed by atoms with E-state index in [9.17, 15) is 24.3 Å². The van der Waals surface area contributed by atoms with E-state index in [0.717, 1.165) is 16.5 Å². The number of alkyl carbamates (subject to hydrolysis) is 1. The normalized spacial score (nSPS) is 24.1. The lowest BCUT2D eigenvalue weighted by Gasteiger charge is -2.32. The van der Waals surface area contributed by atoms with Crippen LogP contribution < -0.4 is 10.9 Å². The fourth-order valence-corrected chi connectivity index (χ4v) is 10.1. The van der Waals surface area contributed by atoms with Gasteiger partial charge < -0.3 is 29.2 Å². The zero-order chi connectivity index (χ0) is 35.0. The number of nitrogens with one attached hydrogen (secondary N) is 1. The second-order valence-electron chi connectivity index (χ2n) is 14.1. The van der Waals surface area contributed by atoms with Crippen molar-refractivity contribution in [1.29, 1.82) is 0 Å². The highest BCUT2D eigenvalue weighted by molar-refractivity contribution is 8.82. The van der Waals surface area contributed by atoms with E-state index in [4.69, 9.17) is 19.2 Å². The summed E-state index contributed by atoms with van der Waals surface area (Å²) < 4.78 is 33.6. The molecule has 49 heavy (non-hydrogen) atoms. The molecular formula is C35H38FN3O8S2. The van der Waals surface area contributed by atoms with E-state index in [1.807, 2.05) is 20.8 Å². The number of pyridine rings is 2. The summed E-state index contributed by atoms with van der Waals surface area (Å²) in [5.74, 6) is -1.22. The van der Waals surface area contributed by atoms with E-state index < -0.39 is 46.6 Å². The molecule has 0 radical (unpaired) electrons. The molecule has 0 bridgehead atoms. The Kier molecular flexibility index (Phi) is 8.60. The predicted molar refractivity (Wildman–Crippen MR) is 183 cm³/mol. The maximum absolute atomic E-state index is 15.3. The first-order valence-electron chi connectivity index (χ1n) is 16.5. The standard InChI is InChI=1S/C35H38FN3O8S2/c1-6-35(44)20-11-24-29-18(13-39(24)30(40)19(20)14-46-31(35)41)28-22(8-7-17-16(2)21(36)12-23(37-29)27(17)28)38-33(43)47-25-15-45-10-9-26(25)48-49-32(42)34(3,4)5/h11-12,22,25-26,44H,6-10,13-15H2,1-5H3,(H,38,43)/t22-,25-,26-,35-/m0/s1. The van der Waals surface area contributed by atoms with Gasteiger partial charge in [0.15, 0.2) is 5.60 Å². The topological polar surface area (TPSA) is 146 Å². The van der Waals surface area contributed by atoms with E-state index in [2.05, 4.69) is 5.32 Å². The Morgan fingerprint density at radius 3 is 2.71 bits per heavy atom. The van der Waals surface area contributed by atoms with Crippen molar-refractivity contribution in [2.75, 3.05) is 13.2 Å². The summed E-state index contributed by atoms with van der Waals surface area (Å²) in [7, 11) is 2.57. The van der Waals surface area contributed by atoms with Crippen LogP contribution in [0.1, 0.15) is 86.4 Å². The largest absolute Gasteiger partial charge is 0.458 e. The lowest BCUT2D eigenvalue weighted by Crippen LogP contribution is -2.44. The molecule has 1 aliphatic carbocycles. The number of benzene rings is 1. The summed E-state index contributed by atoms with van der Waals surface area (Å²) in [6.07, 6.45) is 0.334. The third kappa shape index (κ3) is 5.64. The number of carbonyl (C=O) groups excluding carboxylic acids is 3. The molecule has 4 atom stereocenters. The SMILES string of the molecule is CC[C@@]1(O)C(=O)OCc2c1cc1n(c2=O)Cc2c-1nc1cc(F)c(C)c3c1c2[C@@H](NC(=O)O[C@H]1COCC[C@@H]1SSC(=O)C(C)(C)C)CC3. The van der Waals surface area contributed by atoms with Gasteiger partial charge in [0.05, 0.1) is 46.9 Å². The van der Waals surface area contributed by atoms with Crippen LogP contribution in [0.5, 0.6) is 0 Å². The minimum absolute atomic E-state index is 0.00389. The van der Waals surface area contributed by atoms with E-state index in [0.29, 0.717) is 53.9 Å². The summed E-state index contributed by atoms with van der Waals surface area (Å²) in [4.78, 5) is 57.5. The van der Waals surface area contributed by atoms with Gasteiger partial charge in [0.25, 0.3) is 5.56 Å². The summed E-state index contributed by atoms with van der Waals surface area (Å²) in [6.45, 7) is 9.53. The number of aliphatic hydroxyl groups is 1. The molecule has 0 saturated carbocycles. The van der Waals surface area contributed by atoms with Crippen LogP contribution in [0.25, 0.3) is 22.3 Å². The predicted octanol–water partition coefficient (Wildman–Crippen LogP) is 5.35. The van der Waals surface area contributed by atoms with Crippen molar-refractivity contribution in [3.8, 4) is 11.4 Å². The Morgan fingerprint density at radius 2 is 1.98 bits per heavy atom. The molecule has 2 N–H and O–H groups in total. The molecule has 1 saturated heterocycles. The molecule has 0 spiro atoms. The number of rotatable bonds is 5. The van der Waals surface area contributed by atoms with Crippen LogP contribution in [-0.2, 0) is 49.0 Å². The molecule has 0 unspecified atom stereocenters. The fraction of sp³-hybridized carbons (Fsp3) is 0.514. The zero-order valence-electron chi connectivity index (χ0n) is 27.9. The number of aromatic nitrogens is 2. The fourth-order valence-electron chi connectivity index (χ4n) is 7.16. The molecule has 7 rings (SSSR count). The third-order valence-corrected chi connectivity index (χ3v) is 13.2. The minimum Gasteiger partial charge on any atom is -0.458 e. The van der Waals surface area contributed by atoms with Crippen LogP contribution >= 0.6 is 21.6 Å². The third-order valence-electron chi connectivity index (χ3n) is 10.0. The Bertz CT molecular complexity index is 1990. The number of halogens is 1. The molecule has 3 aromatic rings. The highest BCUT2D eigenvalue weighted by Gasteiger charge is 2.46. The van der Waals surface area contributed by atoms with Crippen molar-refractivity contribution in [2.45, 2.75) is 96.5 Å². The van der Waals surface area contributed by atoms with Crippen molar-refractivity contribution in [2.24, 2.45) is 5.41 Å². The summed E-state index contributed by atoms with van der Waals surface area (Å²) in [6, 6.07) is 2.44. The Labute approximate surface area is 290 Å². The summed E-state index contributed by atoms with van der Waals surface area (Å²) in [5, 5.41) is 15.0. The van der Waals surface area contributed by atoms with Gasteiger partial charge in [-0.25, -0.2) is 19.0 Å². The van der Waals surface area contributed by atoms with Gasteiger partial charge in [-0.15, -0.1) is 0 Å². The highest BCUT2D eigenvalue weighted by Crippen LogP contribution is 2.46. The number of aryl methyl sites for hydroxylation is 1. The zero-order valence-corrected chi connectivity index (χ0v) is 29.6. The first-order valence-corrected chi connectivity index (χ1v) is 18.7. The van der Waals surface area contributed by atoms with Crippen molar-refractivity contribution in [3.05, 3.63) is 61.7 Å². The number of carbonyl (C=O) groups is 3. The van der Waals surface area contributed by atoms with E-state index in [1.165, 1.54) is 32.2 Å². The van der Waals surface area contributed by atoms with Gasteiger partial charge in [-0.2, -0.15) is 0 Å². The lowest BCUT2D eigenvalue weighted by molar-refractivity contribution is -0.172. The van der Waals surface area contributed by atoms with E-state index in [-0.39, 0.29) is 47.7 Å². The molecule has 3 aliphatic heterocycles. The molecule has 11 nitrogen and oxygen atoms in total. The number of amides is 1. The molecule has 2 aromatic heterocycles. The molecule has 14 heteroatoms. The van der Waals surface area contributed by atoms with Crippen molar-refractivity contribution < 1.29 is 38.1 Å². The second kappa shape index (κ2) is 12.4. The van der Waals surface area contributed by atoms with Crippen molar-refractivity contribution in [1.82, 2.24) is 14.9 Å². The number of hydrogen-bond acceptors (Lipinski definition) is 11. The van der Waals surface area contributed by atoms with Crippen LogP contribution in [0.2, 0.25) is 0 Å². The number of hydrogen-bond donors (Lipinski definition) is 2. The first kappa shape index (κ1) is 34.0. The maximum Gasteiger partial charge on any atom is 0.408 e. The number of fused-ring (bicyclic) bond motifs is 5. The average Bonchev–Trinajstić information content (AvgIpc) is 3.43. The van der Waals surface area contributed by atoms with E-state index >= 15 is 4.39 Å². The van der Waals surface area contributed by atoms with Gasteiger partial charge >= 0.3 is 12.1 Å². The summed E-state index contributed by atoms with van der Waals surface area (Å²) >= 11 is 0. The Balaban J connectivity index is 1.25. The van der Waals surface area contributed by atoms with Gasteiger partial charge in [-0.05, 0) is 66.2 Å². The van der Waals surface area contributed by atoms with Crippen LogP contribution in [-0.4, -0.2) is 56.4 Å². The van der Waals surface area contributed by atoms with Crippen LogP contribution in [0, 0.1) is 18.2 Å². The summed E-state index contributed by atoms with van der Waals surface area (Å²) in [5.41, 5.74) is 1.42. The van der Waals surface area contributed by atoms with Gasteiger partial charge in [0, 0.05) is 34.6 Å². The number of cyclic esters (lactones) is 1. The van der Waals surface area contributed by atoms with Crippen LogP contribution in [0.4, 0.5) is 9.18 Å². The molecular weight excluding hydrogens is 674 g/mol. The Hall–Kier alpha value is -3.46. The van der Waals surface area contributed by atoms with Gasteiger partial charge in [-0.1, -0.05) is 38.5 Å². The molecule has 1 aromatic carbocycles. The first-order chi connectivity index (χ1) is 23.2. The highest BCUT2D eigenvalue weighted by atomic mass is 33.1. The van der Waals surface area contributed by atoms with Crippen molar-refractivity contribution >= 4 is 49.7 Å². The maximum atomic E-state index is 15.3. The molecule has 5 heterocycles. The smallest absolute Gasteiger partial charge is 0.408 e. The Morgan fingerprint density at radius 1 is 1.20 bits per heavy atom. The van der Waals surface area contributed by atoms with Crippen LogP contribution in [0.15, 0.2) is 16.9 Å². The van der Waals surface area contributed by atoms with Gasteiger partial charge in [0.2, 0.25) is 5.12 Å². The van der Waals surface area contributed by atoms with Crippen molar-refractivity contribution in [3.63, 3.8) is 0 Å². The quantitative estimate of drug-likeness (QED) is 0.204. The molecule has 1 amide bonds. The van der Waals surface area contributed by atoms with E-state index in [1.54, 1.807) is 19.9 Å².